The largest absolute Gasteiger partial charge is 0.359 e. The Balaban J connectivity index is 3.94. The Labute approximate surface area is 82.2 Å². The third kappa shape index (κ3) is 5.50. The summed E-state index contributed by atoms with van der Waals surface area (Å²) in [6, 6.07) is 0. The minimum atomic E-state index is 0.390. The van der Waals surface area contributed by atoms with E-state index < -0.39 is 0 Å². The molecule has 0 unspecified atom stereocenters. The van der Waals surface area contributed by atoms with Crippen LogP contribution in [-0.2, 0) is 0 Å². The quantitative estimate of drug-likeness (QED) is 0.522. The van der Waals surface area contributed by atoms with Crippen molar-refractivity contribution in [1.29, 1.82) is 0 Å². The van der Waals surface area contributed by atoms with Crippen molar-refractivity contribution in [3.8, 4) is 0 Å². The van der Waals surface area contributed by atoms with Crippen LogP contribution in [0.5, 0.6) is 0 Å². The molecule has 0 aliphatic rings. The average Bonchev–Trinajstić information content (AvgIpc) is 2.02. The molecule has 0 amide bonds. The van der Waals surface area contributed by atoms with Gasteiger partial charge in [0, 0.05) is 27.7 Å². The summed E-state index contributed by atoms with van der Waals surface area (Å²) in [5.41, 5.74) is 0.390. The average molecular weight is 185 g/mol. The van der Waals surface area contributed by atoms with Crippen LogP contribution < -0.4 is 5.32 Å². The van der Waals surface area contributed by atoms with Gasteiger partial charge in [-0.1, -0.05) is 20.8 Å². The molecule has 3 heteroatoms. The van der Waals surface area contributed by atoms with E-state index >= 15 is 0 Å². The lowest BCUT2D eigenvalue weighted by Crippen LogP contribution is -2.38. The summed E-state index contributed by atoms with van der Waals surface area (Å²) in [6.07, 6.45) is 1.17. The topological polar surface area (TPSA) is 27.6 Å². The Bertz CT molecular complexity index is 167. The molecule has 0 aromatic heterocycles. The molecule has 0 saturated heterocycles. The predicted octanol–water partition coefficient (Wildman–Crippen LogP) is 1.56. The number of rotatable bonds is 2. The second-order valence-electron chi connectivity index (χ2n) is 4.53. The van der Waals surface area contributed by atoms with Crippen LogP contribution in [0.1, 0.15) is 27.2 Å². The molecule has 0 aliphatic carbocycles. The maximum atomic E-state index is 4.14. The van der Waals surface area contributed by atoms with E-state index in [2.05, 4.69) is 43.0 Å². The number of aliphatic imine (C=N–C) groups is 1. The Hall–Kier alpha value is -0.730. The molecule has 0 rings (SSSR count). The SMILES string of the molecule is CN=C(NC)N(C)CCC(C)(C)C. The molecule has 0 radical (unpaired) electrons. The molecule has 0 atom stereocenters. The third-order valence-corrected chi connectivity index (χ3v) is 1.99. The van der Waals surface area contributed by atoms with Crippen LogP contribution in [0.25, 0.3) is 0 Å². The lowest BCUT2D eigenvalue weighted by Gasteiger charge is -2.25. The van der Waals surface area contributed by atoms with Crippen molar-refractivity contribution >= 4 is 5.96 Å². The van der Waals surface area contributed by atoms with Crippen LogP contribution in [0, 0.1) is 5.41 Å². The lowest BCUT2D eigenvalue weighted by molar-refractivity contribution is 0.325. The zero-order chi connectivity index (χ0) is 10.5. The second kappa shape index (κ2) is 5.10. The Morgan fingerprint density at radius 2 is 1.92 bits per heavy atom. The highest BCUT2D eigenvalue weighted by Crippen LogP contribution is 2.18. The Morgan fingerprint density at radius 3 is 2.23 bits per heavy atom. The van der Waals surface area contributed by atoms with Crippen molar-refractivity contribution in [3.05, 3.63) is 0 Å². The van der Waals surface area contributed by atoms with Crippen molar-refractivity contribution in [3.63, 3.8) is 0 Å². The van der Waals surface area contributed by atoms with Gasteiger partial charge in [0.05, 0.1) is 0 Å². The van der Waals surface area contributed by atoms with Gasteiger partial charge in [-0.25, -0.2) is 0 Å². The van der Waals surface area contributed by atoms with Gasteiger partial charge in [0.2, 0.25) is 0 Å². The van der Waals surface area contributed by atoms with E-state index in [1.54, 1.807) is 7.05 Å². The van der Waals surface area contributed by atoms with Gasteiger partial charge in [0.15, 0.2) is 5.96 Å². The van der Waals surface area contributed by atoms with Gasteiger partial charge in [-0.15, -0.1) is 0 Å². The highest BCUT2D eigenvalue weighted by molar-refractivity contribution is 5.79. The zero-order valence-electron chi connectivity index (χ0n) is 9.81. The van der Waals surface area contributed by atoms with E-state index in [0.717, 1.165) is 12.5 Å². The molecular formula is C10H23N3. The fraction of sp³-hybridized carbons (Fsp3) is 0.900. The minimum Gasteiger partial charge on any atom is -0.359 e. The van der Waals surface area contributed by atoms with Crippen molar-refractivity contribution in [2.45, 2.75) is 27.2 Å². The highest BCUT2D eigenvalue weighted by atomic mass is 15.3. The first-order valence-electron chi connectivity index (χ1n) is 4.76. The summed E-state index contributed by atoms with van der Waals surface area (Å²) in [6.45, 7) is 7.80. The molecule has 13 heavy (non-hydrogen) atoms. The van der Waals surface area contributed by atoms with Gasteiger partial charge < -0.3 is 10.2 Å². The van der Waals surface area contributed by atoms with E-state index in [1.165, 1.54) is 6.42 Å². The smallest absolute Gasteiger partial charge is 0.193 e. The van der Waals surface area contributed by atoms with Gasteiger partial charge in [-0.3, -0.25) is 4.99 Å². The predicted molar refractivity (Wildman–Crippen MR) is 59.1 cm³/mol. The monoisotopic (exact) mass is 185 g/mol. The second-order valence-corrected chi connectivity index (χ2v) is 4.53. The molecule has 0 saturated carbocycles. The normalized spacial score (nSPS) is 12.9. The third-order valence-electron chi connectivity index (χ3n) is 1.99. The first-order chi connectivity index (χ1) is 5.90. The van der Waals surface area contributed by atoms with Crippen molar-refractivity contribution in [2.24, 2.45) is 10.4 Å². The Morgan fingerprint density at radius 1 is 1.38 bits per heavy atom. The van der Waals surface area contributed by atoms with Gasteiger partial charge in [0.1, 0.15) is 0 Å². The van der Waals surface area contributed by atoms with Crippen molar-refractivity contribution in [1.82, 2.24) is 10.2 Å². The fourth-order valence-electron chi connectivity index (χ4n) is 1.08. The van der Waals surface area contributed by atoms with E-state index in [9.17, 15) is 0 Å². The maximum Gasteiger partial charge on any atom is 0.193 e. The number of nitrogens with one attached hydrogen (secondary N) is 1. The van der Waals surface area contributed by atoms with Crippen molar-refractivity contribution in [2.75, 3.05) is 27.7 Å². The fourth-order valence-corrected chi connectivity index (χ4v) is 1.08. The van der Waals surface area contributed by atoms with Gasteiger partial charge in [-0.2, -0.15) is 0 Å². The summed E-state index contributed by atoms with van der Waals surface area (Å²) in [5, 5.41) is 3.06. The number of hydrogen-bond acceptors (Lipinski definition) is 1. The summed E-state index contributed by atoms with van der Waals surface area (Å²) < 4.78 is 0. The van der Waals surface area contributed by atoms with Crippen LogP contribution in [-0.4, -0.2) is 38.5 Å². The minimum absolute atomic E-state index is 0.390. The van der Waals surface area contributed by atoms with Crippen LogP contribution in [0.4, 0.5) is 0 Å². The molecule has 3 nitrogen and oxygen atoms in total. The molecule has 0 fully saturated rings. The summed E-state index contributed by atoms with van der Waals surface area (Å²) in [5.74, 6) is 0.948. The van der Waals surface area contributed by atoms with E-state index in [1.807, 2.05) is 7.05 Å². The molecule has 0 aliphatic heterocycles. The molecule has 0 aromatic rings. The molecule has 0 spiro atoms. The molecule has 0 heterocycles. The molecule has 1 N–H and O–H groups in total. The number of hydrogen-bond donors (Lipinski definition) is 1. The molecule has 78 valence electrons. The van der Waals surface area contributed by atoms with E-state index in [0.29, 0.717) is 5.41 Å². The highest BCUT2D eigenvalue weighted by Gasteiger charge is 2.12. The summed E-state index contributed by atoms with van der Waals surface area (Å²) in [7, 11) is 5.76. The van der Waals surface area contributed by atoms with Gasteiger partial charge in [-0.05, 0) is 11.8 Å². The van der Waals surface area contributed by atoms with Crippen molar-refractivity contribution < 1.29 is 0 Å². The van der Waals surface area contributed by atoms with Crippen LogP contribution in [0.15, 0.2) is 4.99 Å². The number of nitrogens with zero attached hydrogens (tertiary/aromatic N) is 2. The standard InChI is InChI=1S/C10H23N3/c1-10(2,3)7-8-13(6)9(11-4)12-5/h7-8H2,1-6H3,(H,11,12). The lowest BCUT2D eigenvalue weighted by atomic mass is 9.92. The van der Waals surface area contributed by atoms with Crippen LogP contribution >= 0.6 is 0 Å². The number of guanidine groups is 1. The van der Waals surface area contributed by atoms with E-state index in [-0.39, 0.29) is 0 Å². The maximum absolute atomic E-state index is 4.14. The van der Waals surface area contributed by atoms with Crippen LogP contribution in [0.2, 0.25) is 0 Å². The van der Waals surface area contributed by atoms with Gasteiger partial charge in [0.25, 0.3) is 0 Å². The first kappa shape index (κ1) is 12.3. The molecule has 0 bridgehead atoms. The molecular weight excluding hydrogens is 162 g/mol. The zero-order valence-corrected chi connectivity index (χ0v) is 9.81. The summed E-state index contributed by atoms with van der Waals surface area (Å²) in [4.78, 5) is 6.28. The molecule has 0 aromatic carbocycles. The van der Waals surface area contributed by atoms with E-state index in [4.69, 9.17) is 0 Å². The van der Waals surface area contributed by atoms with Gasteiger partial charge >= 0.3 is 0 Å². The first-order valence-corrected chi connectivity index (χ1v) is 4.76. The Kier molecular flexibility index (Phi) is 4.81. The summed E-state index contributed by atoms with van der Waals surface area (Å²) >= 11 is 0. The van der Waals surface area contributed by atoms with Crippen LogP contribution in [0.3, 0.4) is 0 Å².